The molecule has 0 saturated heterocycles. The van der Waals surface area contributed by atoms with Crippen LogP contribution in [0.2, 0.25) is 5.02 Å². The average molecular weight is 825 g/mol. The molecule has 6 N–H and O–H groups in total. The summed E-state index contributed by atoms with van der Waals surface area (Å²) in [4.78, 5) is 44.2. The normalized spacial score (nSPS) is 11.4. The summed E-state index contributed by atoms with van der Waals surface area (Å²) >= 11 is 5.66. The number of nitrogens with two attached hydrogens (primary N) is 2. The van der Waals surface area contributed by atoms with E-state index in [4.69, 9.17) is 23.1 Å². The SMILES string of the molecule is Cc1cc([N+](=O)[O-])ccc1Cl.Cc1ccccc1N.Nc1ccc2c(c1)C(=O)Nc1ccccc1C2.O=C1Nc2ccccc2Cc2ccc([N+](=O)[O-])cc21.P.S. The first-order valence-corrected chi connectivity index (χ1v) is 17.3. The molecule has 12 nitrogen and oxygen atoms in total. The van der Waals surface area contributed by atoms with Crippen molar-refractivity contribution in [1.29, 1.82) is 0 Å². The van der Waals surface area contributed by atoms with Crippen molar-refractivity contribution in [2.45, 2.75) is 26.7 Å². The monoisotopic (exact) mass is 824 g/mol. The highest BCUT2D eigenvalue weighted by atomic mass is 35.5. The molecule has 0 radical (unpaired) electrons. The smallest absolute Gasteiger partial charge is 0.270 e. The summed E-state index contributed by atoms with van der Waals surface area (Å²) in [6, 6.07) is 37.4. The summed E-state index contributed by atoms with van der Waals surface area (Å²) in [6.45, 7) is 3.73. The van der Waals surface area contributed by atoms with Gasteiger partial charge in [0.25, 0.3) is 23.2 Å². The quantitative estimate of drug-likeness (QED) is 0.0573. The largest absolute Gasteiger partial charge is 0.399 e. The predicted molar refractivity (Wildman–Crippen MR) is 238 cm³/mol. The molecule has 2 aliphatic heterocycles. The molecule has 15 heteroatoms. The summed E-state index contributed by atoms with van der Waals surface area (Å²) in [5.74, 6) is -0.388. The van der Waals surface area contributed by atoms with E-state index in [0.717, 1.165) is 56.9 Å². The van der Waals surface area contributed by atoms with E-state index in [-0.39, 0.29) is 46.6 Å². The third kappa shape index (κ3) is 11.9. The van der Waals surface area contributed by atoms with Gasteiger partial charge in [0.2, 0.25) is 0 Å². The first-order chi connectivity index (χ1) is 26.3. The fraction of sp³-hybridized carbons (Fsp3) is 0.0952. The number of fused-ring (bicyclic) bond motifs is 4. The highest BCUT2D eigenvalue weighted by Gasteiger charge is 2.22. The number of rotatable bonds is 2. The molecule has 2 amide bonds. The number of nitro benzene ring substituents is 2. The molecule has 57 heavy (non-hydrogen) atoms. The Balaban J connectivity index is 0.000000211. The van der Waals surface area contributed by atoms with Crippen LogP contribution in [0.5, 0.6) is 0 Å². The zero-order chi connectivity index (χ0) is 39.6. The number of nitrogen functional groups attached to an aromatic ring is 2. The van der Waals surface area contributed by atoms with Gasteiger partial charge in [-0.05, 0) is 83.6 Å². The maximum absolute atomic E-state index is 12.1. The second-order valence-corrected chi connectivity index (χ2v) is 13.0. The standard InChI is InChI=1S/C14H10N2O3.C14H12N2O.C7H6ClNO2.C7H9N.H3P.H2S/c17-14-12-8-11(16(18)19)6-5-9(12)7-10-3-1-2-4-13(10)15-14;15-11-6-5-9-7-10-3-1-2-4-13(10)16-14(17)12(9)8-11;1-5-4-6(9(10)11)2-3-7(5)8;1-6-4-2-3-5-7(6)8;;/h1-6,8H,7H2,(H,15,17);1-6,8H,7,15H2,(H,16,17);2-4H,1H3;2-5H,8H2,1H3;1H3;1H2. The van der Waals surface area contributed by atoms with Crippen LogP contribution in [-0.2, 0) is 12.8 Å². The average Bonchev–Trinajstić information content (AvgIpc) is 3.40. The molecule has 0 aromatic heterocycles. The van der Waals surface area contributed by atoms with Gasteiger partial charge in [-0.25, -0.2) is 0 Å². The molecule has 6 aromatic carbocycles. The number of carbonyl (C=O) groups excluding carboxylic acids is 2. The van der Waals surface area contributed by atoms with E-state index in [9.17, 15) is 29.8 Å². The fourth-order valence-corrected chi connectivity index (χ4v) is 5.83. The lowest BCUT2D eigenvalue weighted by Crippen LogP contribution is -2.12. The minimum Gasteiger partial charge on any atom is -0.399 e. The molecule has 0 saturated carbocycles. The van der Waals surface area contributed by atoms with Gasteiger partial charge in [-0.2, -0.15) is 23.4 Å². The van der Waals surface area contributed by atoms with Crippen LogP contribution in [0.15, 0.2) is 127 Å². The molecule has 0 fully saturated rings. The number of amides is 2. The van der Waals surface area contributed by atoms with Gasteiger partial charge in [-0.1, -0.05) is 78.3 Å². The first-order valence-electron chi connectivity index (χ1n) is 17.0. The molecule has 8 rings (SSSR count). The summed E-state index contributed by atoms with van der Waals surface area (Å²) < 4.78 is 0. The lowest BCUT2D eigenvalue weighted by atomic mass is 10.00. The lowest BCUT2D eigenvalue weighted by Gasteiger charge is -2.04. The van der Waals surface area contributed by atoms with Gasteiger partial charge in [0, 0.05) is 70.4 Å². The topological polar surface area (TPSA) is 197 Å². The van der Waals surface area contributed by atoms with Crippen molar-refractivity contribution in [2.24, 2.45) is 0 Å². The minimum absolute atomic E-state index is 0. The van der Waals surface area contributed by atoms with Crippen LogP contribution in [0.4, 0.5) is 34.1 Å². The van der Waals surface area contributed by atoms with Gasteiger partial charge in [0.1, 0.15) is 0 Å². The van der Waals surface area contributed by atoms with Gasteiger partial charge < -0.3 is 22.1 Å². The van der Waals surface area contributed by atoms with E-state index in [1.807, 2.05) is 91.9 Å². The number of nitro groups is 2. The van der Waals surface area contributed by atoms with E-state index in [2.05, 4.69) is 10.6 Å². The Labute approximate surface area is 345 Å². The molecule has 2 aliphatic rings. The summed E-state index contributed by atoms with van der Waals surface area (Å²) in [7, 11) is 0. The number of carbonyl (C=O) groups is 2. The van der Waals surface area contributed by atoms with Crippen molar-refractivity contribution in [1.82, 2.24) is 0 Å². The van der Waals surface area contributed by atoms with E-state index in [0.29, 0.717) is 28.3 Å². The summed E-state index contributed by atoms with van der Waals surface area (Å²) in [5, 5.41) is 27.2. The lowest BCUT2D eigenvalue weighted by molar-refractivity contribution is -0.385. The fourth-order valence-electron chi connectivity index (χ4n) is 5.71. The predicted octanol–water partition coefficient (Wildman–Crippen LogP) is 9.48. The van der Waals surface area contributed by atoms with Crippen molar-refractivity contribution < 1.29 is 19.4 Å². The molecule has 6 aromatic rings. The van der Waals surface area contributed by atoms with E-state index < -0.39 is 9.85 Å². The van der Waals surface area contributed by atoms with Crippen molar-refractivity contribution >= 4 is 80.9 Å². The Bertz CT molecular complexity index is 2410. The molecule has 1 atom stereocenters. The molecular weight excluding hydrogens is 783 g/mol. The van der Waals surface area contributed by atoms with Gasteiger partial charge in [-0.3, -0.25) is 29.8 Å². The highest BCUT2D eigenvalue weighted by Crippen LogP contribution is 2.29. The number of para-hydroxylation sites is 3. The van der Waals surface area contributed by atoms with Crippen LogP contribution >= 0.6 is 35.0 Å². The number of hydrogen-bond donors (Lipinski definition) is 4. The molecule has 0 aliphatic carbocycles. The van der Waals surface area contributed by atoms with Crippen LogP contribution in [0.3, 0.4) is 0 Å². The van der Waals surface area contributed by atoms with E-state index in [1.165, 1.54) is 30.3 Å². The third-order valence-electron chi connectivity index (χ3n) is 8.76. The second-order valence-electron chi connectivity index (χ2n) is 12.6. The number of non-ortho nitro benzene ring substituents is 2. The van der Waals surface area contributed by atoms with Crippen molar-refractivity contribution in [2.75, 3.05) is 22.1 Å². The molecule has 0 spiro atoms. The van der Waals surface area contributed by atoms with Crippen LogP contribution in [0.25, 0.3) is 0 Å². The van der Waals surface area contributed by atoms with Crippen molar-refractivity contribution in [3.63, 3.8) is 0 Å². The van der Waals surface area contributed by atoms with Crippen LogP contribution < -0.4 is 22.1 Å². The van der Waals surface area contributed by atoms with Gasteiger partial charge >= 0.3 is 0 Å². The van der Waals surface area contributed by atoms with Crippen molar-refractivity contribution in [3.05, 3.63) is 197 Å². The minimum atomic E-state index is -0.494. The number of nitrogens with one attached hydrogen (secondary N) is 2. The zero-order valence-electron chi connectivity index (χ0n) is 31.1. The maximum Gasteiger partial charge on any atom is 0.270 e. The first kappa shape index (κ1) is 45.1. The molecule has 1 unspecified atom stereocenters. The Morgan fingerprint density at radius 2 is 1.04 bits per heavy atom. The summed E-state index contributed by atoms with van der Waals surface area (Å²) in [6.07, 6.45) is 1.34. The number of aryl methyl sites for hydroxylation is 2. The van der Waals surface area contributed by atoms with Gasteiger partial charge in [0.15, 0.2) is 0 Å². The Kier molecular flexibility index (Phi) is 16.3. The summed E-state index contributed by atoms with van der Waals surface area (Å²) in [5.41, 5.74) is 21.2. The molecular formula is C42H42ClN6O6PS. The van der Waals surface area contributed by atoms with E-state index in [1.54, 1.807) is 19.1 Å². The van der Waals surface area contributed by atoms with Gasteiger partial charge in [0.05, 0.1) is 15.4 Å². The number of anilines is 4. The Morgan fingerprint density at radius 3 is 1.53 bits per heavy atom. The molecule has 2 heterocycles. The number of halogens is 1. The van der Waals surface area contributed by atoms with Crippen molar-refractivity contribution in [3.8, 4) is 0 Å². The second kappa shape index (κ2) is 20.6. The Hall–Kier alpha value is -6.27. The van der Waals surface area contributed by atoms with Crippen LogP contribution in [-0.4, -0.2) is 21.7 Å². The highest BCUT2D eigenvalue weighted by molar-refractivity contribution is 7.59. The third-order valence-corrected chi connectivity index (χ3v) is 9.19. The van der Waals surface area contributed by atoms with E-state index >= 15 is 0 Å². The van der Waals surface area contributed by atoms with Crippen LogP contribution in [0, 0.1) is 34.1 Å². The van der Waals surface area contributed by atoms with Crippen LogP contribution in [0.1, 0.15) is 54.1 Å². The number of hydrogen-bond acceptors (Lipinski definition) is 8. The Morgan fingerprint density at radius 1 is 0.579 bits per heavy atom. The molecule has 294 valence electrons. The number of benzene rings is 6. The van der Waals surface area contributed by atoms with Gasteiger partial charge in [-0.15, -0.1) is 0 Å². The number of nitrogens with zero attached hydrogens (tertiary/aromatic N) is 2. The maximum atomic E-state index is 12.1. The molecule has 0 bridgehead atoms. The zero-order valence-corrected chi connectivity index (χ0v) is 34.3.